The molecule has 1 N–H and O–H groups in total. The van der Waals surface area contributed by atoms with Gasteiger partial charge in [0.05, 0.1) is 22.8 Å². The molecule has 0 unspecified atom stereocenters. The van der Waals surface area contributed by atoms with Crippen molar-refractivity contribution < 1.29 is 17.9 Å². The minimum Gasteiger partial charge on any atom is -0.462 e. The van der Waals surface area contributed by atoms with Gasteiger partial charge in [0.1, 0.15) is 0 Å². The lowest BCUT2D eigenvalue weighted by Gasteiger charge is -2.13. The van der Waals surface area contributed by atoms with E-state index in [2.05, 4.69) is 4.72 Å². The molecule has 0 aliphatic rings. The Morgan fingerprint density at radius 1 is 0.889 bits per heavy atom. The van der Waals surface area contributed by atoms with Gasteiger partial charge in [-0.25, -0.2) is 13.2 Å². The van der Waals surface area contributed by atoms with E-state index in [0.717, 1.165) is 11.1 Å². The minimum atomic E-state index is -3.80. The van der Waals surface area contributed by atoms with Gasteiger partial charge in [-0.05, 0) is 42.8 Å². The average Bonchev–Trinajstić information content (AvgIpc) is 2.69. The highest BCUT2D eigenvalue weighted by Gasteiger charge is 2.17. The van der Waals surface area contributed by atoms with Gasteiger partial charge >= 0.3 is 5.97 Å². The maximum atomic E-state index is 12.8. The van der Waals surface area contributed by atoms with E-state index < -0.39 is 16.0 Å². The Labute approximate surface area is 158 Å². The van der Waals surface area contributed by atoms with E-state index in [9.17, 15) is 13.2 Å². The Morgan fingerprint density at radius 3 is 2.19 bits per heavy atom. The maximum Gasteiger partial charge on any atom is 0.338 e. The van der Waals surface area contributed by atoms with E-state index in [1.54, 1.807) is 19.1 Å². The predicted molar refractivity (Wildman–Crippen MR) is 105 cm³/mol. The Bertz CT molecular complexity index is 1030. The fourth-order valence-corrected chi connectivity index (χ4v) is 3.71. The van der Waals surface area contributed by atoms with Crippen LogP contribution in [-0.4, -0.2) is 21.0 Å². The summed E-state index contributed by atoms with van der Waals surface area (Å²) in [7, 11) is -3.80. The molecule has 5 nitrogen and oxygen atoms in total. The first-order chi connectivity index (χ1) is 13.0. The Morgan fingerprint density at radius 2 is 1.52 bits per heavy atom. The minimum absolute atomic E-state index is 0.0680. The number of carbonyl (C=O) groups excluding carboxylic acids is 1. The van der Waals surface area contributed by atoms with Crippen molar-refractivity contribution >= 4 is 21.7 Å². The van der Waals surface area contributed by atoms with Gasteiger partial charge < -0.3 is 4.74 Å². The maximum absolute atomic E-state index is 12.8. The quantitative estimate of drug-likeness (QED) is 0.645. The van der Waals surface area contributed by atoms with Crippen molar-refractivity contribution in [2.45, 2.75) is 11.8 Å². The highest BCUT2D eigenvalue weighted by atomic mass is 32.2. The summed E-state index contributed by atoms with van der Waals surface area (Å²) in [6.45, 7) is 1.97. The van der Waals surface area contributed by atoms with Crippen LogP contribution >= 0.6 is 0 Å². The number of anilines is 1. The summed E-state index contributed by atoms with van der Waals surface area (Å²) in [4.78, 5) is 11.8. The second-order valence-electron chi connectivity index (χ2n) is 5.76. The van der Waals surface area contributed by atoms with Gasteiger partial charge in [-0.3, -0.25) is 4.72 Å². The van der Waals surface area contributed by atoms with Crippen LogP contribution in [0, 0.1) is 0 Å². The molecule has 0 atom stereocenters. The molecule has 6 heteroatoms. The lowest BCUT2D eigenvalue weighted by Crippen LogP contribution is -2.14. The zero-order valence-electron chi connectivity index (χ0n) is 14.8. The zero-order chi connectivity index (χ0) is 19.3. The Hall–Kier alpha value is -3.12. The predicted octanol–water partition coefficient (Wildman–Crippen LogP) is 4.33. The van der Waals surface area contributed by atoms with Crippen LogP contribution in [0.15, 0.2) is 83.8 Å². The molecule has 0 aliphatic carbocycles. The number of esters is 1. The monoisotopic (exact) mass is 381 g/mol. The fourth-order valence-electron chi connectivity index (χ4n) is 2.63. The number of rotatable bonds is 6. The molecule has 0 heterocycles. The first-order valence-corrected chi connectivity index (χ1v) is 9.94. The van der Waals surface area contributed by atoms with Crippen molar-refractivity contribution in [3.8, 4) is 11.1 Å². The Kier molecular flexibility index (Phi) is 5.57. The second kappa shape index (κ2) is 8.05. The molecule has 0 spiro atoms. The van der Waals surface area contributed by atoms with E-state index in [-0.39, 0.29) is 11.5 Å². The summed E-state index contributed by atoms with van der Waals surface area (Å²) in [5.74, 6) is -0.483. The number of hydrogen-bond donors (Lipinski definition) is 1. The van der Waals surface area contributed by atoms with Gasteiger partial charge in [0.25, 0.3) is 10.0 Å². The third kappa shape index (κ3) is 4.35. The first kappa shape index (κ1) is 18.7. The molecule has 3 aromatic rings. The van der Waals surface area contributed by atoms with Crippen molar-refractivity contribution in [3.63, 3.8) is 0 Å². The third-order valence-electron chi connectivity index (χ3n) is 3.93. The number of carbonyl (C=O) groups is 1. The van der Waals surface area contributed by atoms with Crippen LogP contribution in [0.4, 0.5) is 5.69 Å². The summed E-state index contributed by atoms with van der Waals surface area (Å²) >= 11 is 0. The first-order valence-electron chi connectivity index (χ1n) is 8.46. The summed E-state index contributed by atoms with van der Waals surface area (Å²) < 4.78 is 33.1. The SMILES string of the molecule is CCOC(=O)c1ccc(S(=O)(=O)Nc2ccccc2-c2ccccc2)cc1. The van der Waals surface area contributed by atoms with Gasteiger partial charge in [-0.2, -0.15) is 0 Å². The van der Waals surface area contributed by atoms with E-state index in [1.165, 1.54) is 24.3 Å². The topological polar surface area (TPSA) is 72.5 Å². The van der Waals surface area contributed by atoms with Gasteiger partial charge in [0.15, 0.2) is 0 Å². The molecule has 0 bridgehead atoms. The fraction of sp³-hybridized carbons (Fsp3) is 0.0952. The van der Waals surface area contributed by atoms with Gasteiger partial charge in [-0.1, -0.05) is 48.5 Å². The summed E-state index contributed by atoms with van der Waals surface area (Å²) in [5.41, 5.74) is 2.48. The molecule has 3 aromatic carbocycles. The van der Waals surface area contributed by atoms with Crippen LogP contribution in [0.3, 0.4) is 0 Å². The van der Waals surface area contributed by atoms with Crippen LogP contribution in [0.5, 0.6) is 0 Å². The lowest BCUT2D eigenvalue weighted by molar-refractivity contribution is 0.0526. The van der Waals surface area contributed by atoms with Crippen molar-refractivity contribution in [2.24, 2.45) is 0 Å². The third-order valence-corrected chi connectivity index (χ3v) is 5.31. The molecule has 0 aromatic heterocycles. The van der Waals surface area contributed by atoms with Crippen LogP contribution in [0.1, 0.15) is 17.3 Å². The number of nitrogens with one attached hydrogen (secondary N) is 1. The molecule has 0 saturated heterocycles. The molecule has 0 saturated carbocycles. The smallest absolute Gasteiger partial charge is 0.338 e. The van der Waals surface area contributed by atoms with Crippen LogP contribution in [-0.2, 0) is 14.8 Å². The van der Waals surface area contributed by atoms with Gasteiger partial charge in [0, 0.05) is 5.56 Å². The number of benzene rings is 3. The number of para-hydroxylation sites is 1. The highest BCUT2D eigenvalue weighted by Crippen LogP contribution is 2.29. The largest absolute Gasteiger partial charge is 0.462 e. The van der Waals surface area contributed by atoms with Gasteiger partial charge in [0.2, 0.25) is 0 Å². The average molecular weight is 381 g/mol. The van der Waals surface area contributed by atoms with E-state index >= 15 is 0 Å². The molecule has 0 amide bonds. The standard InChI is InChI=1S/C21H19NO4S/c1-2-26-21(23)17-12-14-18(15-13-17)27(24,25)22-20-11-7-6-10-19(20)16-8-4-3-5-9-16/h3-15,22H,2H2,1H3. The lowest BCUT2D eigenvalue weighted by atomic mass is 10.0. The van der Waals surface area contributed by atoms with Crippen molar-refractivity contribution in [1.29, 1.82) is 0 Å². The molecule has 0 radical (unpaired) electrons. The van der Waals surface area contributed by atoms with Crippen molar-refractivity contribution in [1.82, 2.24) is 0 Å². The number of ether oxygens (including phenoxy) is 1. The van der Waals surface area contributed by atoms with Crippen LogP contribution in [0.2, 0.25) is 0 Å². The summed E-state index contributed by atoms with van der Waals surface area (Å²) in [6.07, 6.45) is 0. The molecule has 27 heavy (non-hydrogen) atoms. The van der Waals surface area contributed by atoms with Crippen molar-refractivity contribution in [3.05, 3.63) is 84.4 Å². The number of hydrogen-bond acceptors (Lipinski definition) is 4. The zero-order valence-corrected chi connectivity index (χ0v) is 15.6. The molecule has 138 valence electrons. The molecular weight excluding hydrogens is 362 g/mol. The molecule has 0 fully saturated rings. The normalized spacial score (nSPS) is 11.0. The van der Waals surface area contributed by atoms with E-state index in [4.69, 9.17) is 4.74 Å². The van der Waals surface area contributed by atoms with Gasteiger partial charge in [-0.15, -0.1) is 0 Å². The Balaban J connectivity index is 1.89. The molecule has 3 rings (SSSR count). The van der Waals surface area contributed by atoms with Crippen LogP contribution < -0.4 is 4.72 Å². The highest BCUT2D eigenvalue weighted by molar-refractivity contribution is 7.92. The summed E-state index contributed by atoms with van der Waals surface area (Å²) in [5, 5.41) is 0. The van der Waals surface area contributed by atoms with E-state index in [0.29, 0.717) is 11.3 Å². The molecule has 0 aliphatic heterocycles. The second-order valence-corrected chi connectivity index (χ2v) is 7.44. The van der Waals surface area contributed by atoms with E-state index in [1.807, 2.05) is 42.5 Å². The van der Waals surface area contributed by atoms with Crippen molar-refractivity contribution in [2.75, 3.05) is 11.3 Å². The van der Waals surface area contributed by atoms with Crippen LogP contribution in [0.25, 0.3) is 11.1 Å². The number of sulfonamides is 1. The molecular formula is C21H19NO4S. The summed E-state index contributed by atoms with van der Waals surface area (Å²) in [6, 6.07) is 22.4.